The lowest BCUT2D eigenvalue weighted by atomic mass is 9.80. The Labute approximate surface area is 96.4 Å². The summed E-state index contributed by atoms with van der Waals surface area (Å²) in [5, 5.41) is 18.2. The summed E-state index contributed by atoms with van der Waals surface area (Å²) < 4.78 is 0. The zero-order valence-electron chi connectivity index (χ0n) is 9.77. The number of likely N-dealkylation sites (N-methyl/N-ethyl adjacent to an activating group) is 2. The Hall–Kier alpha value is -1.68. The summed E-state index contributed by atoms with van der Waals surface area (Å²) in [6.45, 7) is 2.01. The minimum atomic E-state index is -0.141. The summed E-state index contributed by atoms with van der Waals surface area (Å²) in [7, 11) is 4.15. The van der Waals surface area contributed by atoms with Crippen molar-refractivity contribution in [3.8, 4) is 12.1 Å². The van der Waals surface area contributed by atoms with Crippen LogP contribution in [0.25, 0.3) is 0 Å². The molecule has 4 heteroatoms. The maximum absolute atomic E-state index is 9.08. The van der Waals surface area contributed by atoms with Gasteiger partial charge >= 0.3 is 0 Å². The third-order valence-electron chi connectivity index (χ3n) is 3.67. The Morgan fingerprint density at radius 2 is 1.31 bits per heavy atom. The number of hydrogen-bond acceptors (Lipinski definition) is 4. The predicted octanol–water partition coefficient (Wildman–Crippen LogP) is 1.15. The smallest absolute Gasteiger partial charge is 0.0680 e. The van der Waals surface area contributed by atoms with Crippen LogP contribution in [-0.4, -0.2) is 37.0 Å². The lowest BCUT2D eigenvalue weighted by molar-refractivity contribution is 0.222. The Balaban J connectivity index is 2.33. The molecule has 0 radical (unpaired) electrons. The monoisotopic (exact) mass is 216 g/mol. The van der Waals surface area contributed by atoms with E-state index in [2.05, 4.69) is 36.0 Å². The summed E-state index contributed by atoms with van der Waals surface area (Å²) in [5.41, 5.74) is 2.51. The molecule has 0 bridgehead atoms. The highest BCUT2D eigenvalue weighted by Crippen LogP contribution is 2.37. The summed E-state index contributed by atoms with van der Waals surface area (Å²) in [6.07, 6.45) is 1.45. The van der Waals surface area contributed by atoms with Gasteiger partial charge < -0.3 is 9.80 Å². The first-order chi connectivity index (χ1) is 7.67. The van der Waals surface area contributed by atoms with E-state index in [-0.39, 0.29) is 11.8 Å². The van der Waals surface area contributed by atoms with Gasteiger partial charge in [-0.15, -0.1) is 0 Å². The van der Waals surface area contributed by atoms with Gasteiger partial charge in [-0.25, -0.2) is 0 Å². The fourth-order valence-corrected chi connectivity index (χ4v) is 2.53. The van der Waals surface area contributed by atoms with Gasteiger partial charge in [0, 0.05) is 51.4 Å². The van der Waals surface area contributed by atoms with Crippen LogP contribution in [0.1, 0.15) is 12.8 Å². The van der Waals surface area contributed by atoms with Gasteiger partial charge in [0.05, 0.1) is 24.0 Å². The maximum atomic E-state index is 9.08. The van der Waals surface area contributed by atoms with Gasteiger partial charge in [0.15, 0.2) is 0 Å². The summed E-state index contributed by atoms with van der Waals surface area (Å²) in [5.74, 6) is -0.282. The van der Waals surface area contributed by atoms with Crippen molar-refractivity contribution in [1.82, 2.24) is 9.80 Å². The molecule has 0 saturated heterocycles. The molecule has 0 saturated carbocycles. The second-order valence-corrected chi connectivity index (χ2v) is 4.62. The van der Waals surface area contributed by atoms with Crippen molar-refractivity contribution in [3.63, 3.8) is 0 Å². The molecule has 2 atom stereocenters. The molecule has 0 amide bonds. The van der Waals surface area contributed by atoms with Crippen molar-refractivity contribution in [2.24, 2.45) is 11.8 Å². The number of allylic oxidation sites excluding steroid dienone is 2. The normalized spacial score (nSPS) is 29.5. The third kappa shape index (κ3) is 1.61. The van der Waals surface area contributed by atoms with E-state index in [1.807, 2.05) is 0 Å². The first-order valence-corrected chi connectivity index (χ1v) is 5.61. The lowest BCUT2D eigenvalue weighted by Crippen LogP contribution is -2.42. The zero-order chi connectivity index (χ0) is 11.7. The molecule has 1 heterocycles. The van der Waals surface area contributed by atoms with Crippen LogP contribution in [0.5, 0.6) is 0 Å². The molecule has 84 valence electrons. The Kier molecular flexibility index (Phi) is 2.75. The molecule has 0 fully saturated rings. The van der Waals surface area contributed by atoms with Gasteiger partial charge in [0.1, 0.15) is 0 Å². The molecule has 2 aliphatic rings. The lowest BCUT2D eigenvalue weighted by Gasteiger charge is -2.41. The molecule has 2 rings (SSSR count). The Morgan fingerprint density at radius 3 is 1.62 bits per heavy atom. The average Bonchev–Trinajstić information content (AvgIpc) is 2.32. The third-order valence-corrected chi connectivity index (χ3v) is 3.67. The van der Waals surface area contributed by atoms with E-state index in [0.29, 0.717) is 0 Å². The van der Waals surface area contributed by atoms with E-state index in [9.17, 15) is 0 Å². The molecular weight excluding hydrogens is 200 g/mol. The second-order valence-electron chi connectivity index (χ2n) is 4.62. The van der Waals surface area contributed by atoms with Crippen LogP contribution in [0.4, 0.5) is 0 Å². The number of hydrogen-bond donors (Lipinski definition) is 0. The summed E-state index contributed by atoms with van der Waals surface area (Å²) >= 11 is 0. The fraction of sp³-hybridized carbons (Fsp3) is 0.667. The standard InChI is InChI=1S/C12H16N4/c1-15-3-4-16(2)12-6-10(8-14)9(7-13)5-11(12)15/h9-10H,3-6H2,1-2H3/t9-,10+. The molecule has 1 aliphatic carbocycles. The summed E-state index contributed by atoms with van der Waals surface area (Å²) in [6, 6.07) is 4.54. The van der Waals surface area contributed by atoms with Crippen molar-refractivity contribution in [3.05, 3.63) is 11.4 Å². The van der Waals surface area contributed by atoms with E-state index >= 15 is 0 Å². The molecule has 0 aromatic heterocycles. The molecule has 1 aliphatic heterocycles. The number of nitrogens with zero attached hydrogens (tertiary/aromatic N) is 4. The Bertz CT molecular complexity index is 360. The topological polar surface area (TPSA) is 54.1 Å². The van der Waals surface area contributed by atoms with Crippen LogP contribution in [-0.2, 0) is 0 Å². The van der Waals surface area contributed by atoms with Crippen molar-refractivity contribution >= 4 is 0 Å². The maximum Gasteiger partial charge on any atom is 0.0680 e. The van der Waals surface area contributed by atoms with Crippen molar-refractivity contribution < 1.29 is 0 Å². The molecular formula is C12H16N4. The minimum absolute atomic E-state index is 0.141. The van der Waals surface area contributed by atoms with E-state index in [0.717, 1.165) is 25.9 Å². The van der Waals surface area contributed by atoms with Crippen LogP contribution in [0.3, 0.4) is 0 Å². The fourth-order valence-electron chi connectivity index (χ4n) is 2.53. The molecule has 16 heavy (non-hydrogen) atoms. The highest BCUT2D eigenvalue weighted by Gasteiger charge is 2.34. The van der Waals surface area contributed by atoms with E-state index < -0.39 is 0 Å². The molecule has 4 nitrogen and oxygen atoms in total. The van der Waals surface area contributed by atoms with Gasteiger partial charge in [-0.3, -0.25) is 0 Å². The molecule has 0 unspecified atom stereocenters. The average molecular weight is 216 g/mol. The Morgan fingerprint density at radius 1 is 0.938 bits per heavy atom. The number of rotatable bonds is 0. The first-order valence-electron chi connectivity index (χ1n) is 5.61. The van der Waals surface area contributed by atoms with Crippen LogP contribution in [0.2, 0.25) is 0 Å². The van der Waals surface area contributed by atoms with E-state index in [4.69, 9.17) is 10.5 Å². The molecule has 0 spiro atoms. The molecule has 0 N–H and O–H groups in total. The quantitative estimate of drug-likeness (QED) is 0.609. The molecule has 0 aromatic rings. The highest BCUT2D eigenvalue weighted by molar-refractivity contribution is 5.24. The van der Waals surface area contributed by atoms with Gasteiger partial charge in [-0.1, -0.05) is 0 Å². The second kappa shape index (κ2) is 4.06. The summed E-state index contributed by atoms with van der Waals surface area (Å²) in [4.78, 5) is 4.46. The van der Waals surface area contributed by atoms with E-state index in [1.165, 1.54) is 11.4 Å². The minimum Gasteiger partial charge on any atom is -0.375 e. The van der Waals surface area contributed by atoms with Crippen LogP contribution >= 0.6 is 0 Å². The van der Waals surface area contributed by atoms with E-state index in [1.54, 1.807) is 0 Å². The van der Waals surface area contributed by atoms with Gasteiger partial charge in [0.2, 0.25) is 0 Å². The largest absolute Gasteiger partial charge is 0.375 e. The predicted molar refractivity (Wildman–Crippen MR) is 59.7 cm³/mol. The highest BCUT2D eigenvalue weighted by atomic mass is 15.2. The molecule has 0 aromatic carbocycles. The van der Waals surface area contributed by atoms with Gasteiger partial charge in [0.25, 0.3) is 0 Å². The van der Waals surface area contributed by atoms with Crippen molar-refractivity contribution in [2.75, 3.05) is 27.2 Å². The van der Waals surface area contributed by atoms with Gasteiger partial charge in [-0.2, -0.15) is 10.5 Å². The van der Waals surface area contributed by atoms with Crippen LogP contribution in [0.15, 0.2) is 11.4 Å². The van der Waals surface area contributed by atoms with Crippen LogP contribution in [0, 0.1) is 34.5 Å². The van der Waals surface area contributed by atoms with Gasteiger partial charge in [-0.05, 0) is 0 Å². The van der Waals surface area contributed by atoms with Crippen molar-refractivity contribution in [1.29, 1.82) is 10.5 Å². The first kappa shape index (κ1) is 10.8. The SMILES string of the molecule is CN1CCN(C)C2=C1C[C@@H](C#N)[C@@H](C#N)C2. The van der Waals surface area contributed by atoms with Crippen LogP contribution < -0.4 is 0 Å². The zero-order valence-corrected chi connectivity index (χ0v) is 9.77. The van der Waals surface area contributed by atoms with Crippen molar-refractivity contribution in [2.45, 2.75) is 12.8 Å². The number of nitriles is 2.